The Bertz CT molecular complexity index is 602. The van der Waals surface area contributed by atoms with Crippen molar-refractivity contribution in [1.82, 2.24) is 9.97 Å². The second-order valence-corrected chi connectivity index (χ2v) is 4.10. The second kappa shape index (κ2) is 4.86. The van der Waals surface area contributed by atoms with Crippen molar-refractivity contribution in [1.29, 1.82) is 0 Å². The summed E-state index contributed by atoms with van der Waals surface area (Å²) in [5, 5.41) is 0.520. The van der Waals surface area contributed by atoms with Crippen molar-refractivity contribution in [3.63, 3.8) is 0 Å². The summed E-state index contributed by atoms with van der Waals surface area (Å²) in [7, 11) is 3.01. The first kappa shape index (κ1) is 12.7. The number of benzene rings is 1. The summed E-state index contributed by atoms with van der Waals surface area (Å²) in [6, 6.07) is 1.86. The highest BCUT2D eigenvalue weighted by molar-refractivity contribution is 6.35. The van der Waals surface area contributed by atoms with Gasteiger partial charge in [0.25, 0.3) is 11.8 Å². The molecule has 1 heterocycles. The summed E-state index contributed by atoms with van der Waals surface area (Å²) in [5.41, 5.74) is 8.50. The van der Waals surface area contributed by atoms with Gasteiger partial charge in [0.15, 0.2) is 0 Å². The van der Waals surface area contributed by atoms with Gasteiger partial charge in [-0.2, -0.15) is 0 Å². The van der Waals surface area contributed by atoms with E-state index in [2.05, 4.69) is 9.97 Å². The number of rotatable bonds is 3. The maximum absolute atomic E-state index is 6.18. The van der Waals surface area contributed by atoms with Crippen molar-refractivity contribution in [3.05, 3.63) is 16.7 Å². The van der Waals surface area contributed by atoms with Gasteiger partial charge >= 0.3 is 0 Å². The van der Waals surface area contributed by atoms with Crippen LogP contribution in [-0.4, -0.2) is 24.2 Å². The van der Waals surface area contributed by atoms with E-state index in [-0.39, 0.29) is 5.88 Å². The third kappa shape index (κ3) is 1.90. The van der Waals surface area contributed by atoms with Gasteiger partial charge in [0.1, 0.15) is 5.52 Å². The van der Waals surface area contributed by atoms with E-state index in [1.807, 2.05) is 13.0 Å². The molecule has 2 rings (SSSR count). The summed E-state index contributed by atoms with van der Waals surface area (Å²) in [6.45, 7) is 2.00. The zero-order valence-electron chi connectivity index (χ0n) is 10.5. The van der Waals surface area contributed by atoms with Gasteiger partial charge in [0.05, 0.1) is 30.4 Å². The molecule has 5 nitrogen and oxygen atoms in total. The lowest BCUT2D eigenvalue weighted by Crippen LogP contribution is -2.01. The largest absolute Gasteiger partial charge is 0.477 e. The van der Waals surface area contributed by atoms with Gasteiger partial charge in [-0.15, -0.1) is 0 Å². The number of hydrogen-bond acceptors (Lipinski definition) is 5. The van der Waals surface area contributed by atoms with Gasteiger partial charge in [0.2, 0.25) is 0 Å². The molecule has 18 heavy (non-hydrogen) atoms. The standard InChI is InChI=1S/C12H14ClN3O2/c1-4-6-5-7-10(9(14)8(6)13)16-12(18-3)11(15-7)17-2/h5H,4,14H2,1-3H3. The average molecular weight is 268 g/mol. The van der Waals surface area contributed by atoms with Gasteiger partial charge in [0, 0.05) is 0 Å². The lowest BCUT2D eigenvalue weighted by atomic mass is 10.1. The Balaban J connectivity index is 2.80. The highest BCUT2D eigenvalue weighted by Gasteiger charge is 2.15. The molecule has 2 aromatic rings. The van der Waals surface area contributed by atoms with Crippen molar-refractivity contribution < 1.29 is 9.47 Å². The number of methoxy groups -OCH3 is 2. The average Bonchev–Trinajstić information content (AvgIpc) is 2.41. The third-order valence-corrected chi connectivity index (χ3v) is 3.16. The van der Waals surface area contributed by atoms with Gasteiger partial charge in [-0.05, 0) is 18.1 Å². The molecule has 0 atom stereocenters. The fourth-order valence-corrected chi connectivity index (χ4v) is 2.02. The van der Waals surface area contributed by atoms with Crippen LogP contribution in [0.25, 0.3) is 11.0 Å². The van der Waals surface area contributed by atoms with Crippen molar-refractivity contribution in [2.24, 2.45) is 0 Å². The first-order valence-electron chi connectivity index (χ1n) is 5.48. The molecule has 96 valence electrons. The van der Waals surface area contributed by atoms with Crippen molar-refractivity contribution >= 4 is 28.3 Å². The van der Waals surface area contributed by atoms with E-state index in [0.29, 0.717) is 27.6 Å². The lowest BCUT2D eigenvalue weighted by Gasteiger charge is -2.11. The normalized spacial score (nSPS) is 10.7. The number of halogens is 1. The number of aromatic nitrogens is 2. The molecule has 0 aliphatic rings. The third-order valence-electron chi connectivity index (χ3n) is 2.71. The molecule has 0 unspecified atom stereocenters. The molecule has 2 N–H and O–H groups in total. The quantitative estimate of drug-likeness (QED) is 0.865. The van der Waals surface area contributed by atoms with Crippen LogP contribution in [0.4, 0.5) is 5.69 Å². The molecule has 0 fully saturated rings. The Kier molecular flexibility index (Phi) is 3.43. The Hall–Kier alpha value is -1.75. The SMILES string of the molecule is CCc1cc2nc(OC)c(OC)nc2c(N)c1Cl. The minimum Gasteiger partial charge on any atom is -0.477 e. The highest BCUT2D eigenvalue weighted by atomic mass is 35.5. The van der Waals surface area contributed by atoms with Crippen LogP contribution in [0.5, 0.6) is 11.8 Å². The van der Waals surface area contributed by atoms with Crippen LogP contribution in [0.15, 0.2) is 6.07 Å². The molecule has 1 aromatic heterocycles. The van der Waals surface area contributed by atoms with Crippen molar-refractivity contribution in [3.8, 4) is 11.8 Å². The number of nitrogens with zero attached hydrogens (tertiary/aromatic N) is 2. The predicted octanol–water partition coefficient (Wildman–Crippen LogP) is 2.44. The molecule has 0 saturated heterocycles. The Morgan fingerprint density at radius 2 is 1.83 bits per heavy atom. The van der Waals surface area contributed by atoms with Crippen LogP contribution < -0.4 is 15.2 Å². The Morgan fingerprint density at radius 3 is 2.39 bits per heavy atom. The fraction of sp³-hybridized carbons (Fsp3) is 0.333. The van der Waals surface area contributed by atoms with Crippen molar-refractivity contribution in [2.45, 2.75) is 13.3 Å². The monoisotopic (exact) mass is 267 g/mol. The summed E-state index contributed by atoms with van der Waals surface area (Å²) in [6.07, 6.45) is 0.773. The van der Waals surface area contributed by atoms with E-state index >= 15 is 0 Å². The van der Waals surface area contributed by atoms with Crippen LogP contribution in [0.3, 0.4) is 0 Å². The number of fused-ring (bicyclic) bond motifs is 1. The van der Waals surface area contributed by atoms with Crippen molar-refractivity contribution in [2.75, 3.05) is 20.0 Å². The molecule has 0 aliphatic carbocycles. The highest BCUT2D eigenvalue weighted by Crippen LogP contribution is 2.34. The topological polar surface area (TPSA) is 70.3 Å². The number of nitrogen functional groups attached to an aromatic ring is 1. The molecule has 6 heteroatoms. The molecule has 0 spiro atoms. The molecule has 0 bridgehead atoms. The predicted molar refractivity (Wildman–Crippen MR) is 71.4 cm³/mol. The van der Waals surface area contributed by atoms with E-state index in [4.69, 9.17) is 26.8 Å². The summed E-state index contributed by atoms with van der Waals surface area (Å²) < 4.78 is 10.2. The fourth-order valence-electron chi connectivity index (χ4n) is 1.74. The van der Waals surface area contributed by atoms with Gasteiger partial charge < -0.3 is 15.2 Å². The minimum atomic E-state index is 0.289. The van der Waals surface area contributed by atoms with E-state index < -0.39 is 0 Å². The maximum Gasteiger partial charge on any atom is 0.278 e. The summed E-state index contributed by atoms with van der Waals surface area (Å²) in [4.78, 5) is 8.61. The van der Waals surface area contributed by atoms with Crippen LogP contribution >= 0.6 is 11.6 Å². The number of aryl methyl sites for hydroxylation is 1. The molecule has 0 amide bonds. The summed E-state index contributed by atoms with van der Waals surface area (Å²) in [5.74, 6) is 0.616. The molecule has 0 aliphatic heterocycles. The number of ether oxygens (including phenoxy) is 2. The lowest BCUT2D eigenvalue weighted by molar-refractivity contribution is 0.334. The van der Waals surface area contributed by atoms with Gasteiger partial charge in [-0.1, -0.05) is 18.5 Å². The smallest absolute Gasteiger partial charge is 0.278 e. The second-order valence-electron chi connectivity index (χ2n) is 3.73. The van der Waals surface area contributed by atoms with Crippen LogP contribution in [0.2, 0.25) is 5.02 Å². The molecule has 0 saturated carbocycles. The number of hydrogen-bond donors (Lipinski definition) is 1. The van der Waals surface area contributed by atoms with Gasteiger partial charge in [-0.25, -0.2) is 9.97 Å². The van der Waals surface area contributed by atoms with E-state index in [9.17, 15) is 0 Å². The number of anilines is 1. The van der Waals surface area contributed by atoms with E-state index in [0.717, 1.165) is 12.0 Å². The molecular formula is C12H14ClN3O2. The van der Waals surface area contributed by atoms with Crippen LogP contribution in [0.1, 0.15) is 12.5 Å². The van der Waals surface area contributed by atoms with E-state index in [1.165, 1.54) is 14.2 Å². The Labute approximate surface area is 110 Å². The Morgan fingerprint density at radius 1 is 1.22 bits per heavy atom. The first-order chi connectivity index (χ1) is 8.62. The van der Waals surface area contributed by atoms with E-state index in [1.54, 1.807) is 0 Å². The maximum atomic E-state index is 6.18. The summed E-state index contributed by atoms with van der Waals surface area (Å²) >= 11 is 6.18. The molecular weight excluding hydrogens is 254 g/mol. The van der Waals surface area contributed by atoms with Crippen LogP contribution in [-0.2, 0) is 6.42 Å². The zero-order chi connectivity index (χ0) is 13.3. The first-order valence-corrected chi connectivity index (χ1v) is 5.86. The minimum absolute atomic E-state index is 0.289. The van der Waals surface area contributed by atoms with Crippen LogP contribution in [0, 0.1) is 0 Å². The molecule has 0 radical (unpaired) electrons. The zero-order valence-corrected chi connectivity index (χ0v) is 11.2. The number of nitrogens with two attached hydrogens (primary N) is 1. The van der Waals surface area contributed by atoms with Gasteiger partial charge in [-0.3, -0.25) is 0 Å². The molecule has 1 aromatic carbocycles.